The van der Waals surface area contributed by atoms with Gasteiger partial charge in [-0.1, -0.05) is 89.1 Å². The maximum Gasteiger partial charge on any atom is 0.404 e. The largest absolute Gasteiger partial charge is 0.490 e. The molecule has 0 spiro atoms. The number of carbonyl (C=O) groups is 2. The molecule has 0 aromatic heterocycles. The number of aliphatic hydroxyl groups excluding tert-OH is 5. The van der Waals surface area contributed by atoms with Crippen molar-refractivity contribution in [1.82, 2.24) is 0 Å². The van der Waals surface area contributed by atoms with Crippen molar-refractivity contribution in [2.45, 2.75) is 162 Å². The number of cyclic esters (lactones) is 1. The van der Waals surface area contributed by atoms with Crippen molar-refractivity contribution in [3.05, 3.63) is 59.4 Å². The Morgan fingerprint density at radius 2 is 1.71 bits per heavy atom. The Bertz CT molecular complexity index is 1530. The average molecular weight is 838 g/mol. The predicted molar refractivity (Wildman–Crippen MR) is 219 cm³/mol. The van der Waals surface area contributed by atoms with Gasteiger partial charge in [-0.3, -0.25) is 0 Å². The highest BCUT2D eigenvalue weighted by Gasteiger charge is 2.52. The number of hydrogen-bond acceptors (Lipinski definition) is 14. The lowest BCUT2D eigenvalue weighted by molar-refractivity contribution is -0.338. The number of primary amides is 1. The third kappa shape index (κ3) is 13.2. The quantitative estimate of drug-likeness (QED) is 0.129. The number of methoxy groups -OCH3 is 1. The van der Waals surface area contributed by atoms with Crippen molar-refractivity contribution in [3.8, 4) is 0 Å². The summed E-state index contributed by atoms with van der Waals surface area (Å²) in [6.45, 7) is 17.6. The Balaban J connectivity index is 1.96. The van der Waals surface area contributed by atoms with E-state index in [0.29, 0.717) is 12.0 Å². The van der Waals surface area contributed by atoms with Crippen molar-refractivity contribution >= 4 is 12.1 Å². The summed E-state index contributed by atoms with van der Waals surface area (Å²) in [5, 5.41) is 68.8. The lowest BCUT2D eigenvalue weighted by Crippen LogP contribution is -2.59. The van der Waals surface area contributed by atoms with Gasteiger partial charge in [0.25, 0.3) is 0 Å². The van der Waals surface area contributed by atoms with Gasteiger partial charge in [0.2, 0.25) is 5.76 Å². The Morgan fingerprint density at radius 3 is 2.31 bits per heavy atom. The van der Waals surface area contributed by atoms with Crippen molar-refractivity contribution < 1.29 is 68.6 Å². The highest BCUT2D eigenvalue weighted by atomic mass is 16.7. The first-order chi connectivity index (χ1) is 27.5. The SMILES string of the molecule is C/C=C/[C@H]1O[C@@](O)([C@@H](C)[C@H](O)[C@H](C)[C@H]2OC(=O)/C(OC)=C/C(C)=C/[C@@H](C)[C@@H](O)[C@@H](C)[C@@H](O)[C@H](C)C/C(C)=C/C=C/[C@@H]2O)C[C@@H](O[C@@H]2C[C@H](O)[C@@H](OC(N)=O)[C@H](C)O2)[C@@H]1C. The van der Waals surface area contributed by atoms with Crippen LogP contribution in [0.5, 0.6) is 0 Å². The third-order valence-corrected chi connectivity index (χ3v) is 12.2. The van der Waals surface area contributed by atoms with E-state index in [4.69, 9.17) is 34.2 Å². The fourth-order valence-corrected chi connectivity index (χ4v) is 8.45. The molecule has 1 amide bonds. The van der Waals surface area contributed by atoms with Crippen LogP contribution in [0.3, 0.4) is 0 Å². The summed E-state index contributed by atoms with van der Waals surface area (Å²) < 4.78 is 35.0. The minimum absolute atomic E-state index is 0.0458. The molecule has 18 atom stereocenters. The zero-order valence-electron chi connectivity index (χ0n) is 36.5. The van der Waals surface area contributed by atoms with Crippen molar-refractivity contribution in [3.63, 3.8) is 0 Å². The molecule has 3 aliphatic rings. The molecule has 0 bridgehead atoms. The molecule has 2 saturated heterocycles. The number of esters is 1. The van der Waals surface area contributed by atoms with E-state index in [1.807, 2.05) is 27.7 Å². The van der Waals surface area contributed by atoms with E-state index >= 15 is 0 Å². The number of hydrogen-bond donors (Lipinski definition) is 7. The number of allylic oxidation sites excluding steroid dienone is 6. The fourth-order valence-electron chi connectivity index (χ4n) is 8.45. The number of nitrogens with two attached hydrogens (primary N) is 1. The lowest BCUT2D eigenvalue weighted by Gasteiger charge is -2.49. The molecule has 3 heterocycles. The number of carbonyl (C=O) groups excluding carboxylic acids is 2. The van der Waals surface area contributed by atoms with Crippen molar-refractivity contribution in [2.75, 3.05) is 7.11 Å². The summed E-state index contributed by atoms with van der Waals surface area (Å²) >= 11 is 0. The van der Waals surface area contributed by atoms with Gasteiger partial charge in [-0.05, 0) is 46.1 Å². The zero-order valence-corrected chi connectivity index (χ0v) is 36.5. The van der Waals surface area contributed by atoms with Crippen molar-refractivity contribution in [1.29, 1.82) is 0 Å². The molecule has 59 heavy (non-hydrogen) atoms. The van der Waals surface area contributed by atoms with Crippen LogP contribution in [0.4, 0.5) is 4.79 Å². The van der Waals surface area contributed by atoms with Crippen LogP contribution < -0.4 is 5.73 Å². The van der Waals surface area contributed by atoms with E-state index in [1.165, 1.54) is 19.3 Å². The monoisotopic (exact) mass is 837 g/mol. The van der Waals surface area contributed by atoms with Gasteiger partial charge in [0.15, 0.2) is 18.2 Å². The van der Waals surface area contributed by atoms with Crippen LogP contribution in [0.25, 0.3) is 0 Å². The molecule has 3 rings (SSSR count). The highest BCUT2D eigenvalue weighted by molar-refractivity contribution is 5.87. The molecule has 0 radical (unpaired) electrons. The van der Waals surface area contributed by atoms with Crippen LogP contribution in [0, 0.1) is 35.5 Å². The summed E-state index contributed by atoms with van der Waals surface area (Å²) in [5.74, 6) is -6.53. The van der Waals surface area contributed by atoms with Crippen LogP contribution in [-0.4, -0.2) is 123 Å². The van der Waals surface area contributed by atoms with Gasteiger partial charge in [0.1, 0.15) is 12.2 Å². The fraction of sp³-hybridized carbons (Fsp3) is 0.727. The normalized spacial score (nSPS) is 43.2. The molecule has 3 aliphatic heterocycles. The highest BCUT2D eigenvalue weighted by Crippen LogP contribution is 2.42. The van der Waals surface area contributed by atoms with Gasteiger partial charge in [-0.25, -0.2) is 9.59 Å². The Kier molecular flexibility index (Phi) is 18.8. The summed E-state index contributed by atoms with van der Waals surface area (Å²) in [5.41, 5.74) is 6.65. The van der Waals surface area contributed by atoms with Gasteiger partial charge in [0.05, 0.1) is 49.8 Å². The van der Waals surface area contributed by atoms with Crippen LogP contribution in [0.2, 0.25) is 0 Å². The maximum absolute atomic E-state index is 13.7. The minimum Gasteiger partial charge on any atom is -0.490 e. The van der Waals surface area contributed by atoms with E-state index in [0.717, 1.165) is 5.57 Å². The molecular formula is C44H71NO14. The molecule has 336 valence electrons. The first-order valence-electron chi connectivity index (χ1n) is 20.7. The topological polar surface area (TPSA) is 237 Å². The molecule has 2 fully saturated rings. The second kappa shape index (κ2) is 22.1. The number of amides is 1. The van der Waals surface area contributed by atoms with E-state index in [1.54, 1.807) is 71.9 Å². The maximum atomic E-state index is 13.7. The van der Waals surface area contributed by atoms with Crippen LogP contribution in [-0.2, 0) is 33.2 Å². The average Bonchev–Trinajstić information content (AvgIpc) is 3.16. The van der Waals surface area contributed by atoms with Gasteiger partial charge >= 0.3 is 12.1 Å². The van der Waals surface area contributed by atoms with Crippen LogP contribution in [0.15, 0.2) is 59.4 Å². The lowest BCUT2D eigenvalue weighted by atomic mass is 9.77. The van der Waals surface area contributed by atoms with E-state index in [-0.39, 0.29) is 30.4 Å². The molecule has 0 aromatic carbocycles. The Hall–Kier alpha value is -3.12. The molecule has 8 N–H and O–H groups in total. The smallest absolute Gasteiger partial charge is 0.404 e. The number of ether oxygens (including phenoxy) is 6. The molecule has 15 nitrogen and oxygen atoms in total. The van der Waals surface area contributed by atoms with Crippen LogP contribution >= 0.6 is 0 Å². The van der Waals surface area contributed by atoms with Crippen LogP contribution in [0.1, 0.15) is 88.5 Å². The van der Waals surface area contributed by atoms with Gasteiger partial charge in [-0.15, -0.1) is 0 Å². The molecule has 0 unspecified atom stereocenters. The standard InChI is InChI=1S/C44H71NO14/c1-12-14-33-26(6)35(56-36-20-32(47)41(30(10)55-36)58-43(45)52)21-44(53,59-33)29(9)39(50)28(8)40-31(46)16-13-15-22(2)17-24(4)37(48)27(7)38(49)25(5)18-23(3)19-34(54-11)42(51)57-40/h12-16,18-19,24-33,35-41,46-50,53H,17,20-21H2,1-11H3,(H2,45,52)/b14-12+,16-13+,22-15+,23-18+,34-19-/t24-,25-,26-,27+,28+,29+,30+,31+,32+,33-,35-,36-,37+,38-,39-,40-,41+,44-/m1/s1. The van der Waals surface area contributed by atoms with Gasteiger partial charge < -0.3 is 64.8 Å². The molecule has 15 heteroatoms. The first kappa shape index (κ1) is 50.2. The van der Waals surface area contributed by atoms with E-state index in [9.17, 15) is 40.2 Å². The number of rotatable bonds is 9. The minimum atomic E-state index is -2.01. The third-order valence-electron chi connectivity index (χ3n) is 12.2. The summed E-state index contributed by atoms with van der Waals surface area (Å²) in [6, 6.07) is 0. The second-order valence-electron chi connectivity index (χ2n) is 17.1. The van der Waals surface area contributed by atoms with E-state index < -0.39 is 109 Å². The summed E-state index contributed by atoms with van der Waals surface area (Å²) in [7, 11) is 1.30. The van der Waals surface area contributed by atoms with Gasteiger partial charge in [-0.2, -0.15) is 0 Å². The predicted octanol–water partition coefficient (Wildman–Crippen LogP) is 3.94. The Morgan fingerprint density at radius 1 is 1.05 bits per heavy atom. The molecular weight excluding hydrogens is 766 g/mol. The summed E-state index contributed by atoms with van der Waals surface area (Å²) in [6.07, 6.45) is -0.229. The molecule has 0 aliphatic carbocycles. The number of aliphatic hydroxyl groups is 6. The first-order valence-corrected chi connectivity index (χ1v) is 20.7. The Labute approximate surface area is 349 Å². The zero-order chi connectivity index (χ0) is 44.5. The second-order valence-corrected chi connectivity index (χ2v) is 17.1. The van der Waals surface area contributed by atoms with Crippen molar-refractivity contribution in [2.24, 2.45) is 41.2 Å². The molecule has 0 aromatic rings. The summed E-state index contributed by atoms with van der Waals surface area (Å²) in [4.78, 5) is 25.1. The molecule has 0 saturated carbocycles. The van der Waals surface area contributed by atoms with E-state index in [2.05, 4.69) is 0 Å². The van der Waals surface area contributed by atoms with Gasteiger partial charge in [0, 0.05) is 42.4 Å².